The second-order valence-electron chi connectivity index (χ2n) is 5.95. The number of carboxylic acid groups (broad SMARTS) is 1. The summed E-state index contributed by atoms with van der Waals surface area (Å²) in [4.78, 5) is 21.9. The fourth-order valence-corrected chi connectivity index (χ4v) is 2.81. The summed E-state index contributed by atoms with van der Waals surface area (Å²) < 4.78 is 52.2. The van der Waals surface area contributed by atoms with Crippen molar-refractivity contribution in [2.45, 2.75) is 13.3 Å². The van der Waals surface area contributed by atoms with E-state index in [1.54, 1.807) is 25.0 Å². The third-order valence-corrected chi connectivity index (χ3v) is 3.96. The van der Waals surface area contributed by atoms with Crippen LogP contribution in [0.4, 0.5) is 13.2 Å². The summed E-state index contributed by atoms with van der Waals surface area (Å²) in [5, 5.41) is 8.77. The highest BCUT2D eigenvalue weighted by Crippen LogP contribution is 2.42. The lowest BCUT2D eigenvalue weighted by atomic mass is 9.93. The van der Waals surface area contributed by atoms with Gasteiger partial charge in [0.2, 0.25) is 5.76 Å². The van der Waals surface area contributed by atoms with Gasteiger partial charge in [0, 0.05) is 17.2 Å². The molecule has 0 aliphatic carbocycles. The van der Waals surface area contributed by atoms with Crippen LogP contribution in [0.15, 0.2) is 48.2 Å². The molecular formula is C20H13F3O6. The van der Waals surface area contributed by atoms with Crippen molar-refractivity contribution in [2.75, 3.05) is 6.61 Å². The number of halogens is 3. The molecule has 1 heterocycles. The maximum absolute atomic E-state index is 12.5. The van der Waals surface area contributed by atoms with Crippen LogP contribution < -0.4 is 14.2 Å². The first-order chi connectivity index (χ1) is 13.7. The predicted octanol–water partition coefficient (Wildman–Crippen LogP) is 3.90. The summed E-state index contributed by atoms with van der Waals surface area (Å²) in [6, 6.07) is 8.35. The Balaban J connectivity index is 2.06. The van der Waals surface area contributed by atoms with Crippen molar-refractivity contribution in [3.8, 4) is 17.2 Å². The number of benzene rings is 2. The number of carboxylic acids is 1. The van der Waals surface area contributed by atoms with Gasteiger partial charge in [0.15, 0.2) is 12.5 Å². The third-order valence-electron chi connectivity index (χ3n) is 3.96. The van der Waals surface area contributed by atoms with Crippen LogP contribution in [0.3, 0.4) is 0 Å². The fraction of sp³-hybridized carbons (Fsp3) is 0.150. The summed E-state index contributed by atoms with van der Waals surface area (Å²) in [7, 11) is 0. The Bertz CT molecular complexity index is 1050. The number of alkyl halides is 3. The molecular weight excluding hydrogens is 393 g/mol. The molecule has 0 amide bonds. The van der Waals surface area contributed by atoms with E-state index in [9.17, 15) is 22.8 Å². The highest BCUT2D eigenvalue weighted by molar-refractivity contribution is 5.89. The molecule has 29 heavy (non-hydrogen) atoms. The highest BCUT2D eigenvalue weighted by atomic mass is 19.4. The first-order valence-electron chi connectivity index (χ1n) is 8.17. The lowest BCUT2D eigenvalue weighted by molar-refractivity contribution is -0.274. The van der Waals surface area contributed by atoms with E-state index >= 15 is 0 Å². The van der Waals surface area contributed by atoms with Crippen molar-refractivity contribution in [3.05, 3.63) is 64.9 Å². The molecule has 9 heteroatoms. The van der Waals surface area contributed by atoms with E-state index in [1.165, 1.54) is 24.3 Å². The van der Waals surface area contributed by atoms with Gasteiger partial charge in [-0.15, -0.1) is 13.2 Å². The molecule has 0 unspecified atom stereocenters. The van der Waals surface area contributed by atoms with Gasteiger partial charge in [0.25, 0.3) is 0 Å². The molecule has 1 aliphatic rings. The number of carbonyl (C=O) groups excluding carboxylic acids is 1. The first-order valence-corrected chi connectivity index (χ1v) is 8.17. The minimum atomic E-state index is -4.85. The van der Waals surface area contributed by atoms with Gasteiger partial charge in [0.1, 0.15) is 17.2 Å². The van der Waals surface area contributed by atoms with E-state index in [2.05, 4.69) is 4.74 Å². The molecule has 2 aromatic carbocycles. The van der Waals surface area contributed by atoms with Gasteiger partial charge in [-0.05, 0) is 42.3 Å². The van der Waals surface area contributed by atoms with Crippen LogP contribution in [0.2, 0.25) is 0 Å². The number of hydrogen-bond donors (Lipinski definition) is 1. The summed E-state index contributed by atoms with van der Waals surface area (Å²) in [5.41, 5.74) is 1.66. The molecule has 0 aromatic heterocycles. The van der Waals surface area contributed by atoms with Crippen LogP contribution in [-0.2, 0) is 9.59 Å². The Morgan fingerprint density at radius 1 is 1.24 bits per heavy atom. The van der Waals surface area contributed by atoms with E-state index in [0.29, 0.717) is 22.3 Å². The molecule has 0 radical (unpaired) electrons. The molecule has 0 spiro atoms. The van der Waals surface area contributed by atoms with Crippen LogP contribution in [0, 0.1) is 6.92 Å². The summed E-state index contributed by atoms with van der Waals surface area (Å²) in [6.45, 7) is 1.03. The normalized spacial score (nSPS) is 13.0. The van der Waals surface area contributed by atoms with Gasteiger partial charge in [-0.2, -0.15) is 0 Å². The summed E-state index contributed by atoms with van der Waals surface area (Å²) >= 11 is 0. The largest absolute Gasteiger partial charge is 0.573 e. The van der Waals surface area contributed by atoms with E-state index in [4.69, 9.17) is 14.6 Å². The average Bonchev–Trinajstić information content (AvgIpc) is 2.65. The smallest absolute Gasteiger partial charge is 0.481 e. The van der Waals surface area contributed by atoms with E-state index < -0.39 is 24.7 Å². The number of hydrogen-bond acceptors (Lipinski definition) is 5. The van der Waals surface area contributed by atoms with E-state index in [1.807, 2.05) is 0 Å². The van der Waals surface area contributed by atoms with Crippen molar-refractivity contribution in [3.63, 3.8) is 0 Å². The molecule has 0 saturated heterocycles. The van der Waals surface area contributed by atoms with Gasteiger partial charge in [-0.1, -0.05) is 12.1 Å². The summed E-state index contributed by atoms with van der Waals surface area (Å²) in [6.07, 6.45) is -3.50. The lowest BCUT2D eigenvalue weighted by Crippen LogP contribution is -2.17. The molecule has 150 valence electrons. The van der Waals surface area contributed by atoms with Crippen LogP contribution in [-0.4, -0.2) is 30.0 Å². The number of aliphatic carboxylic acids is 1. The number of allylic oxidation sites excluding steroid dienone is 1. The molecule has 0 atom stereocenters. The Hall–Kier alpha value is -3.71. The van der Waals surface area contributed by atoms with Crippen LogP contribution in [0.25, 0.3) is 5.57 Å². The van der Waals surface area contributed by atoms with Gasteiger partial charge in [-0.3, -0.25) is 0 Å². The predicted molar refractivity (Wildman–Crippen MR) is 94.3 cm³/mol. The minimum Gasteiger partial charge on any atom is -0.481 e. The number of rotatable bonds is 5. The number of fused-ring (bicyclic) bond motifs is 1. The quantitative estimate of drug-likeness (QED) is 0.759. The second-order valence-corrected chi connectivity index (χ2v) is 5.95. The second kappa shape index (κ2) is 7.73. The monoisotopic (exact) mass is 406 g/mol. The fourth-order valence-electron chi connectivity index (χ4n) is 2.81. The molecule has 1 aliphatic heterocycles. The van der Waals surface area contributed by atoms with Gasteiger partial charge < -0.3 is 19.3 Å². The Morgan fingerprint density at radius 2 is 2.00 bits per heavy atom. The van der Waals surface area contributed by atoms with Gasteiger partial charge in [-0.25, -0.2) is 9.59 Å². The van der Waals surface area contributed by atoms with Crippen molar-refractivity contribution in [1.82, 2.24) is 0 Å². The molecule has 6 nitrogen and oxygen atoms in total. The Kier molecular flexibility index (Phi) is 5.34. The zero-order valence-electron chi connectivity index (χ0n) is 14.9. The Labute approximate surface area is 162 Å². The van der Waals surface area contributed by atoms with Crippen molar-refractivity contribution >= 4 is 17.5 Å². The minimum absolute atomic E-state index is 0.187. The van der Waals surface area contributed by atoms with Crippen molar-refractivity contribution in [1.29, 1.82) is 0 Å². The van der Waals surface area contributed by atoms with Crippen LogP contribution >= 0.6 is 0 Å². The molecule has 0 bridgehead atoms. The van der Waals surface area contributed by atoms with Crippen molar-refractivity contribution < 1.29 is 42.1 Å². The zero-order valence-corrected chi connectivity index (χ0v) is 14.9. The van der Waals surface area contributed by atoms with Crippen LogP contribution in [0.5, 0.6) is 17.2 Å². The number of ether oxygens (including phenoxy) is 3. The molecule has 3 rings (SSSR count). The molecule has 2 aromatic rings. The first kappa shape index (κ1) is 20.0. The van der Waals surface area contributed by atoms with Crippen molar-refractivity contribution in [2.24, 2.45) is 0 Å². The standard InChI is InChI=1S/C20H13F3O6/c1-11-17(27-10-18(25)26)6-5-15-16(8-14(9-24)28-19(11)15)12-3-2-4-13(7-12)29-20(21,22)23/h2-8H,10H2,1H3,(H,25,26). The highest BCUT2D eigenvalue weighted by Gasteiger charge is 2.31. The van der Waals surface area contributed by atoms with E-state index in [-0.39, 0.29) is 17.3 Å². The number of carbonyl (C=O) groups is 1. The summed E-state index contributed by atoms with van der Waals surface area (Å²) in [5.74, 6) is 0.286. The average molecular weight is 406 g/mol. The maximum atomic E-state index is 12.5. The van der Waals surface area contributed by atoms with Gasteiger partial charge >= 0.3 is 12.3 Å². The zero-order chi connectivity index (χ0) is 21.2. The Morgan fingerprint density at radius 3 is 2.66 bits per heavy atom. The van der Waals surface area contributed by atoms with E-state index in [0.717, 1.165) is 6.07 Å². The topological polar surface area (TPSA) is 82.1 Å². The van der Waals surface area contributed by atoms with Crippen LogP contribution in [0.1, 0.15) is 16.7 Å². The van der Waals surface area contributed by atoms with Gasteiger partial charge in [0.05, 0.1) is 0 Å². The lowest BCUT2D eigenvalue weighted by Gasteiger charge is -2.22. The third kappa shape index (κ3) is 4.59. The SMILES string of the molecule is Cc1c(OCC(=O)O)ccc2c1OC(=C=O)C=C2c1cccc(OC(F)(F)F)c1. The molecule has 0 fully saturated rings. The molecule has 1 N–H and O–H groups in total. The molecule has 0 saturated carbocycles. The maximum Gasteiger partial charge on any atom is 0.573 e.